The van der Waals surface area contributed by atoms with Crippen LogP contribution in [0.1, 0.15) is 24.8 Å². The van der Waals surface area contributed by atoms with Crippen LogP contribution in [-0.4, -0.2) is 27.4 Å². The maximum atomic E-state index is 5.86. The molecule has 1 aliphatic heterocycles. The number of thiophene rings is 1. The predicted molar refractivity (Wildman–Crippen MR) is 70.2 cm³/mol. The number of aromatic nitrogens is 3. The van der Waals surface area contributed by atoms with Crippen LogP contribution in [-0.2, 0) is 11.8 Å². The number of hydrogen-bond donors (Lipinski definition) is 1. The minimum atomic E-state index is 0.0322. The van der Waals surface area contributed by atoms with E-state index in [-0.39, 0.29) is 12.2 Å². The molecular weight excluding hydrogens is 248 g/mol. The zero-order chi connectivity index (χ0) is 12.5. The number of ether oxygens (including phenoxy) is 1. The molecule has 2 atom stereocenters. The maximum Gasteiger partial charge on any atom is 0.191 e. The van der Waals surface area contributed by atoms with Gasteiger partial charge in [-0.05, 0) is 24.3 Å². The molecule has 0 saturated carbocycles. The van der Waals surface area contributed by atoms with Crippen molar-refractivity contribution in [3.63, 3.8) is 0 Å². The van der Waals surface area contributed by atoms with Crippen molar-refractivity contribution in [2.45, 2.75) is 25.0 Å². The van der Waals surface area contributed by atoms with Gasteiger partial charge >= 0.3 is 0 Å². The van der Waals surface area contributed by atoms with Crippen LogP contribution in [0.5, 0.6) is 0 Å². The molecule has 18 heavy (non-hydrogen) atoms. The molecule has 0 radical (unpaired) electrons. The third-order valence-corrected chi connectivity index (χ3v) is 4.06. The van der Waals surface area contributed by atoms with Crippen LogP contribution in [0.4, 0.5) is 0 Å². The van der Waals surface area contributed by atoms with Crippen LogP contribution < -0.4 is 5.73 Å². The van der Waals surface area contributed by atoms with Gasteiger partial charge in [-0.15, -0.1) is 11.3 Å². The lowest BCUT2D eigenvalue weighted by atomic mass is 10.2. The van der Waals surface area contributed by atoms with E-state index in [0.29, 0.717) is 6.54 Å². The Balaban J connectivity index is 1.85. The fourth-order valence-corrected chi connectivity index (χ4v) is 2.91. The van der Waals surface area contributed by atoms with Gasteiger partial charge in [0.05, 0.1) is 11.0 Å². The summed E-state index contributed by atoms with van der Waals surface area (Å²) in [5.41, 5.74) is 5.63. The standard InChI is InChI=1S/C12H16N4OS/c1-16-12(9-5-4-8(7-13)17-9)14-11(15-16)10-3-2-6-18-10/h2-3,6,8-9H,4-5,7,13H2,1H3. The van der Waals surface area contributed by atoms with Gasteiger partial charge in [-0.25, -0.2) is 4.98 Å². The molecular formula is C12H16N4OS. The van der Waals surface area contributed by atoms with Crippen LogP contribution >= 0.6 is 11.3 Å². The molecule has 0 amide bonds. The van der Waals surface area contributed by atoms with Gasteiger partial charge in [-0.2, -0.15) is 5.10 Å². The van der Waals surface area contributed by atoms with Crippen LogP contribution in [0.2, 0.25) is 0 Å². The van der Waals surface area contributed by atoms with Gasteiger partial charge < -0.3 is 10.5 Å². The van der Waals surface area contributed by atoms with E-state index in [2.05, 4.69) is 10.1 Å². The molecule has 5 nitrogen and oxygen atoms in total. The maximum absolute atomic E-state index is 5.86. The SMILES string of the molecule is Cn1nc(-c2cccs2)nc1C1CCC(CN)O1. The highest BCUT2D eigenvalue weighted by Gasteiger charge is 2.29. The summed E-state index contributed by atoms with van der Waals surface area (Å²) >= 11 is 1.65. The van der Waals surface area contributed by atoms with Gasteiger partial charge in [0.2, 0.25) is 0 Å². The predicted octanol–water partition coefficient (Wildman–Crippen LogP) is 1.72. The van der Waals surface area contributed by atoms with E-state index in [1.54, 1.807) is 11.3 Å². The molecule has 6 heteroatoms. The van der Waals surface area contributed by atoms with E-state index in [1.165, 1.54) is 0 Å². The van der Waals surface area contributed by atoms with Crippen molar-refractivity contribution in [2.75, 3.05) is 6.54 Å². The van der Waals surface area contributed by atoms with Gasteiger partial charge in [-0.1, -0.05) is 6.07 Å². The van der Waals surface area contributed by atoms with Crippen molar-refractivity contribution in [2.24, 2.45) is 12.8 Å². The summed E-state index contributed by atoms with van der Waals surface area (Å²) in [6.07, 6.45) is 2.17. The Morgan fingerprint density at radius 2 is 2.44 bits per heavy atom. The number of aryl methyl sites for hydroxylation is 1. The van der Waals surface area contributed by atoms with Crippen molar-refractivity contribution in [3.05, 3.63) is 23.3 Å². The van der Waals surface area contributed by atoms with Crippen molar-refractivity contribution >= 4 is 11.3 Å². The molecule has 0 aromatic carbocycles. The number of nitrogens with two attached hydrogens (primary N) is 1. The van der Waals surface area contributed by atoms with Crippen molar-refractivity contribution in [1.29, 1.82) is 0 Å². The summed E-state index contributed by atoms with van der Waals surface area (Å²) in [6, 6.07) is 4.04. The zero-order valence-electron chi connectivity index (χ0n) is 10.2. The highest BCUT2D eigenvalue weighted by atomic mass is 32.1. The first-order valence-corrected chi connectivity index (χ1v) is 6.96. The molecule has 2 N–H and O–H groups in total. The average Bonchev–Trinajstić information content (AvgIpc) is 3.08. The molecule has 1 fully saturated rings. The topological polar surface area (TPSA) is 66.0 Å². The van der Waals surface area contributed by atoms with Gasteiger partial charge in [0, 0.05) is 13.6 Å². The van der Waals surface area contributed by atoms with E-state index in [0.717, 1.165) is 29.4 Å². The molecule has 0 aliphatic carbocycles. The average molecular weight is 264 g/mol. The molecule has 96 valence electrons. The summed E-state index contributed by atoms with van der Waals surface area (Å²) in [7, 11) is 1.92. The largest absolute Gasteiger partial charge is 0.366 e. The second-order valence-corrected chi connectivity index (χ2v) is 5.40. The molecule has 2 aromatic heterocycles. The van der Waals surface area contributed by atoms with E-state index in [1.807, 2.05) is 29.2 Å². The number of nitrogens with zero attached hydrogens (tertiary/aromatic N) is 3. The number of rotatable bonds is 3. The molecule has 3 heterocycles. The Hall–Kier alpha value is -1.24. The van der Waals surface area contributed by atoms with E-state index < -0.39 is 0 Å². The summed E-state index contributed by atoms with van der Waals surface area (Å²) in [4.78, 5) is 5.69. The number of hydrogen-bond acceptors (Lipinski definition) is 5. The van der Waals surface area contributed by atoms with Crippen LogP contribution in [0.15, 0.2) is 17.5 Å². The second kappa shape index (κ2) is 4.79. The van der Waals surface area contributed by atoms with Gasteiger partial charge in [0.25, 0.3) is 0 Å². The summed E-state index contributed by atoms with van der Waals surface area (Å²) in [6.45, 7) is 0.576. The summed E-state index contributed by atoms with van der Waals surface area (Å²) in [5.74, 6) is 1.68. The Morgan fingerprint density at radius 1 is 1.56 bits per heavy atom. The highest BCUT2D eigenvalue weighted by Crippen LogP contribution is 2.32. The monoisotopic (exact) mass is 264 g/mol. The first-order valence-electron chi connectivity index (χ1n) is 6.08. The Bertz CT molecular complexity index is 522. The summed E-state index contributed by atoms with van der Waals surface area (Å²) in [5, 5.41) is 6.48. The molecule has 0 spiro atoms. The van der Waals surface area contributed by atoms with E-state index >= 15 is 0 Å². The van der Waals surface area contributed by atoms with Gasteiger partial charge in [0.15, 0.2) is 11.6 Å². The third kappa shape index (κ3) is 2.07. The zero-order valence-corrected chi connectivity index (χ0v) is 11.1. The van der Waals surface area contributed by atoms with Crippen LogP contribution in [0.3, 0.4) is 0 Å². The highest BCUT2D eigenvalue weighted by molar-refractivity contribution is 7.13. The van der Waals surface area contributed by atoms with Gasteiger partial charge in [0.1, 0.15) is 6.10 Å². The second-order valence-electron chi connectivity index (χ2n) is 4.45. The Kier molecular flexibility index (Phi) is 3.15. The Morgan fingerprint density at radius 3 is 3.11 bits per heavy atom. The molecule has 3 rings (SSSR count). The lowest BCUT2D eigenvalue weighted by molar-refractivity contribution is 0.0427. The lowest BCUT2D eigenvalue weighted by Gasteiger charge is -2.10. The quantitative estimate of drug-likeness (QED) is 0.916. The Labute approximate surface area is 110 Å². The molecule has 2 unspecified atom stereocenters. The molecule has 1 saturated heterocycles. The fraction of sp³-hybridized carbons (Fsp3) is 0.500. The van der Waals surface area contributed by atoms with Crippen LogP contribution in [0.25, 0.3) is 10.7 Å². The van der Waals surface area contributed by atoms with Gasteiger partial charge in [-0.3, -0.25) is 4.68 Å². The van der Waals surface area contributed by atoms with E-state index in [4.69, 9.17) is 10.5 Å². The normalized spacial score (nSPS) is 23.7. The molecule has 0 bridgehead atoms. The first kappa shape index (κ1) is 11.8. The first-order chi connectivity index (χ1) is 8.78. The third-order valence-electron chi connectivity index (χ3n) is 3.20. The van der Waals surface area contributed by atoms with Crippen molar-refractivity contribution in [3.8, 4) is 10.7 Å². The smallest absolute Gasteiger partial charge is 0.191 e. The molecule has 1 aliphatic rings. The lowest BCUT2D eigenvalue weighted by Crippen LogP contribution is -2.19. The minimum absolute atomic E-state index is 0.0322. The van der Waals surface area contributed by atoms with Crippen molar-refractivity contribution in [1.82, 2.24) is 14.8 Å². The van der Waals surface area contributed by atoms with Crippen molar-refractivity contribution < 1.29 is 4.74 Å². The molecule has 2 aromatic rings. The van der Waals surface area contributed by atoms with E-state index in [9.17, 15) is 0 Å². The minimum Gasteiger partial charge on any atom is -0.366 e. The fourth-order valence-electron chi connectivity index (χ4n) is 2.26. The summed E-state index contributed by atoms with van der Waals surface area (Å²) < 4.78 is 7.68. The van der Waals surface area contributed by atoms with Crippen LogP contribution in [0, 0.1) is 0 Å².